The van der Waals surface area contributed by atoms with E-state index in [4.69, 9.17) is 0 Å². The third-order valence-corrected chi connectivity index (χ3v) is 5.86. The number of amides is 1. The van der Waals surface area contributed by atoms with Gasteiger partial charge in [0.25, 0.3) is 0 Å². The van der Waals surface area contributed by atoms with E-state index in [0.717, 1.165) is 22.2 Å². The fourth-order valence-corrected chi connectivity index (χ4v) is 3.99. The van der Waals surface area contributed by atoms with Crippen LogP contribution in [0.15, 0.2) is 53.7 Å². The van der Waals surface area contributed by atoms with Crippen LogP contribution in [0.3, 0.4) is 0 Å². The summed E-state index contributed by atoms with van der Waals surface area (Å²) in [6.45, 7) is 8.59. The van der Waals surface area contributed by atoms with Crippen molar-refractivity contribution in [2.45, 2.75) is 44.7 Å². The van der Waals surface area contributed by atoms with E-state index in [1.165, 1.54) is 22.9 Å². The van der Waals surface area contributed by atoms with E-state index in [0.29, 0.717) is 11.8 Å². The Morgan fingerprint density at radius 1 is 0.966 bits per heavy atom. The second-order valence-corrected chi connectivity index (χ2v) is 8.63. The van der Waals surface area contributed by atoms with Crippen LogP contribution in [0, 0.1) is 0 Å². The third kappa shape index (κ3) is 4.88. The molecule has 0 radical (unpaired) electrons. The molecule has 0 bridgehead atoms. The predicted octanol–water partition coefficient (Wildman–Crippen LogP) is 5.46. The van der Waals surface area contributed by atoms with Crippen molar-refractivity contribution in [2.75, 3.05) is 11.1 Å². The van der Waals surface area contributed by atoms with Crippen LogP contribution in [0.2, 0.25) is 0 Å². The second kappa shape index (κ2) is 9.27. The molecule has 152 valence electrons. The van der Waals surface area contributed by atoms with E-state index in [1.807, 2.05) is 41.9 Å². The van der Waals surface area contributed by atoms with Crippen molar-refractivity contribution >= 4 is 23.4 Å². The van der Waals surface area contributed by atoms with Crippen LogP contribution in [0.25, 0.3) is 11.4 Å². The number of aromatic nitrogens is 3. The third-order valence-electron chi connectivity index (χ3n) is 4.84. The molecule has 0 fully saturated rings. The van der Waals surface area contributed by atoms with Gasteiger partial charge in [0.1, 0.15) is 0 Å². The zero-order chi connectivity index (χ0) is 21.0. The molecule has 2 aromatic carbocycles. The Labute approximate surface area is 176 Å². The van der Waals surface area contributed by atoms with E-state index < -0.39 is 0 Å². The average Bonchev–Trinajstić information content (AvgIpc) is 3.07. The highest BCUT2D eigenvalue weighted by Gasteiger charge is 2.17. The topological polar surface area (TPSA) is 59.8 Å². The predicted molar refractivity (Wildman–Crippen MR) is 120 cm³/mol. The number of thioether (sulfide) groups is 1. The van der Waals surface area contributed by atoms with Crippen LogP contribution in [0.1, 0.15) is 50.7 Å². The van der Waals surface area contributed by atoms with Gasteiger partial charge in [0.15, 0.2) is 11.0 Å². The van der Waals surface area contributed by atoms with Crippen molar-refractivity contribution in [3.8, 4) is 11.4 Å². The fourth-order valence-electron chi connectivity index (χ4n) is 3.28. The zero-order valence-electron chi connectivity index (χ0n) is 17.6. The summed E-state index contributed by atoms with van der Waals surface area (Å²) in [5, 5.41) is 12.4. The van der Waals surface area contributed by atoms with Gasteiger partial charge in [-0.05, 0) is 23.0 Å². The van der Waals surface area contributed by atoms with Gasteiger partial charge in [0.05, 0.1) is 5.75 Å². The van der Waals surface area contributed by atoms with Gasteiger partial charge in [-0.3, -0.25) is 4.79 Å². The summed E-state index contributed by atoms with van der Waals surface area (Å²) in [6, 6.07) is 16.2. The van der Waals surface area contributed by atoms with Gasteiger partial charge >= 0.3 is 0 Å². The molecule has 0 aliphatic carbocycles. The van der Waals surface area contributed by atoms with Gasteiger partial charge in [-0.1, -0.05) is 88.0 Å². The molecule has 0 unspecified atom stereocenters. The molecule has 6 heteroatoms. The molecule has 0 saturated heterocycles. The Kier molecular flexibility index (Phi) is 6.75. The minimum absolute atomic E-state index is 0.0331. The molecule has 3 aromatic rings. The molecule has 1 amide bonds. The minimum Gasteiger partial charge on any atom is -0.325 e. The van der Waals surface area contributed by atoms with Gasteiger partial charge in [-0.2, -0.15) is 0 Å². The number of hydrogen-bond acceptors (Lipinski definition) is 4. The summed E-state index contributed by atoms with van der Waals surface area (Å²) in [5.74, 6) is 1.72. The first-order valence-corrected chi connectivity index (χ1v) is 10.9. The monoisotopic (exact) mass is 408 g/mol. The van der Waals surface area contributed by atoms with Crippen LogP contribution < -0.4 is 5.32 Å². The summed E-state index contributed by atoms with van der Waals surface area (Å²) >= 11 is 1.40. The van der Waals surface area contributed by atoms with E-state index in [1.54, 1.807) is 0 Å². The molecule has 1 heterocycles. The first-order valence-electron chi connectivity index (χ1n) is 9.88. The van der Waals surface area contributed by atoms with Gasteiger partial charge < -0.3 is 9.88 Å². The van der Waals surface area contributed by atoms with E-state index in [2.05, 4.69) is 61.4 Å². The Morgan fingerprint density at radius 2 is 1.59 bits per heavy atom. The number of nitrogens with one attached hydrogen (secondary N) is 1. The summed E-state index contributed by atoms with van der Waals surface area (Å²) < 4.78 is 1.93. The summed E-state index contributed by atoms with van der Waals surface area (Å²) in [4.78, 5) is 12.7. The van der Waals surface area contributed by atoms with Crippen molar-refractivity contribution in [1.82, 2.24) is 14.8 Å². The van der Waals surface area contributed by atoms with E-state index >= 15 is 0 Å². The Morgan fingerprint density at radius 3 is 2.17 bits per heavy atom. The van der Waals surface area contributed by atoms with Gasteiger partial charge in [-0.15, -0.1) is 10.2 Å². The molecule has 0 aliphatic rings. The van der Waals surface area contributed by atoms with E-state index in [-0.39, 0.29) is 11.7 Å². The average molecular weight is 409 g/mol. The molecule has 29 heavy (non-hydrogen) atoms. The largest absolute Gasteiger partial charge is 0.325 e. The first kappa shape index (κ1) is 21.1. The molecule has 3 rings (SSSR count). The molecule has 0 saturated carbocycles. The highest BCUT2D eigenvalue weighted by molar-refractivity contribution is 7.99. The minimum atomic E-state index is -0.0331. The van der Waals surface area contributed by atoms with Crippen LogP contribution >= 0.6 is 11.8 Å². The smallest absolute Gasteiger partial charge is 0.234 e. The van der Waals surface area contributed by atoms with Crippen LogP contribution in [-0.4, -0.2) is 26.4 Å². The van der Waals surface area contributed by atoms with Crippen molar-refractivity contribution in [2.24, 2.45) is 7.05 Å². The highest BCUT2D eigenvalue weighted by atomic mass is 32.2. The van der Waals surface area contributed by atoms with Crippen LogP contribution in [0.5, 0.6) is 0 Å². The lowest BCUT2D eigenvalue weighted by Crippen LogP contribution is -2.18. The quantitative estimate of drug-likeness (QED) is 0.527. The molecule has 0 spiro atoms. The first-order chi connectivity index (χ1) is 13.9. The highest BCUT2D eigenvalue weighted by Crippen LogP contribution is 2.32. The summed E-state index contributed by atoms with van der Waals surface area (Å²) in [6.07, 6.45) is 0. The zero-order valence-corrected chi connectivity index (χ0v) is 18.5. The van der Waals surface area contributed by atoms with E-state index in [9.17, 15) is 4.79 Å². The molecule has 0 atom stereocenters. The Balaban J connectivity index is 1.73. The lowest BCUT2D eigenvalue weighted by molar-refractivity contribution is -0.113. The Hall–Kier alpha value is -2.60. The number of carbonyl (C=O) groups is 1. The molecular weight excluding hydrogens is 380 g/mol. The second-order valence-electron chi connectivity index (χ2n) is 7.69. The summed E-state index contributed by atoms with van der Waals surface area (Å²) in [7, 11) is 1.92. The number of rotatable bonds is 7. The van der Waals surface area contributed by atoms with Gasteiger partial charge in [-0.25, -0.2) is 0 Å². The van der Waals surface area contributed by atoms with Gasteiger partial charge in [0, 0.05) is 18.3 Å². The van der Waals surface area contributed by atoms with Crippen molar-refractivity contribution in [3.63, 3.8) is 0 Å². The normalized spacial score (nSPS) is 11.3. The number of benzene rings is 2. The number of carbonyl (C=O) groups excluding carboxylic acids is 1. The lowest BCUT2D eigenvalue weighted by Gasteiger charge is -2.20. The number of para-hydroxylation sites is 1. The maximum absolute atomic E-state index is 12.7. The molecule has 5 nitrogen and oxygen atoms in total. The SMILES string of the molecule is CC(C)c1cccc(C(C)C)c1NC(=O)CSc1nnc(-c2ccccc2)n1C. The standard InChI is InChI=1S/C23H28N4OS/c1-15(2)18-12-9-13-19(16(3)4)21(18)24-20(28)14-29-23-26-25-22(27(23)5)17-10-7-6-8-11-17/h6-13,15-16H,14H2,1-5H3,(H,24,28). The molecule has 1 aromatic heterocycles. The number of hydrogen-bond donors (Lipinski definition) is 1. The van der Waals surface area contributed by atoms with Crippen LogP contribution in [-0.2, 0) is 11.8 Å². The molecule has 0 aliphatic heterocycles. The maximum Gasteiger partial charge on any atom is 0.234 e. The number of anilines is 1. The lowest BCUT2D eigenvalue weighted by atomic mass is 9.92. The number of nitrogens with zero attached hydrogens (tertiary/aromatic N) is 3. The summed E-state index contributed by atoms with van der Waals surface area (Å²) in [5.41, 5.74) is 4.29. The van der Waals surface area contributed by atoms with Crippen LogP contribution in [0.4, 0.5) is 5.69 Å². The Bertz CT molecular complexity index is 954. The van der Waals surface area contributed by atoms with Crippen molar-refractivity contribution in [3.05, 3.63) is 59.7 Å². The van der Waals surface area contributed by atoms with Crippen molar-refractivity contribution in [1.29, 1.82) is 0 Å². The molecular formula is C23H28N4OS. The fraction of sp³-hybridized carbons (Fsp3) is 0.348. The maximum atomic E-state index is 12.7. The van der Waals surface area contributed by atoms with Gasteiger partial charge in [0.2, 0.25) is 5.91 Å². The van der Waals surface area contributed by atoms with Crippen molar-refractivity contribution < 1.29 is 4.79 Å². The molecule has 1 N–H and O–H groups in total.